The number of likely N-dealkylation sites (N-methyl/N-ethyl adjacent to an activating group) is 1. The van der Waals surface area contributed by atoms with Crippen molar-refractivity contribution in [3.8, 4) is 0 Å². The summed E-state index contributed by atoms with van der Waals surface area (Å²) in [6, 6.07) is 4.90. The molecule has 1 aromatic carbocycles. The van der Waals surface area contributed by atoms with E-state index in [2.05, 4.69) is 33.6 Å². The molecule has 1 aliphatic heterocycles. The van der Waals surface area contributed by atoms with Crippen LogP contribution >= 0.6 is 11.7 Å². The Morgan fingerprint density at radius 2 is 2.21 bits per heavy atom. The number of guanidine groups is 1. The second-order valence-electron chi connectivity index (χ2n) is 5.67. The van der Waals surface area contributed by atoms with Gasteiger partial charge in [0.1, 0.15) is 15.9 Å². The van der Waals surface area contributed by atoms with Crippen molar-refractivity contribution >= 4 is 38.7 Å². The van der Waals surface area contributed by atoms with E-state index in [-0.39, 0.29) is 10.9 Å². The van der Waals surface area contributed by atoms with E-state index < -0.39 is 10.0 Å². The Morgan fingerprint density at radius 1 is 1.38 bits per heavy atom. The molecule has 130 valence electrons. The third-order valence-corrected chi connectivity index (χ3v) is 5.45. The van der Waals surface area contributed by atoms with E-state index in [1.807, 2.05) is 14.1 Å². The Bertz CT molecular complexity index is 847. The summed E-state index contributed by atoms with van der Waals surface area (Å²) >= 11 is 0.989. The number of rotatable bonds is 5. The van der Waals surface area contributed by atoms with Crippen LogP contribution in [0.15, 0.2) is 28.1 Å². The van der Waals surface area contributed by atoms with Crippen molar-refractivity contribution < 1.29 is 8.42 Å². The van der Waals surface area contributed by atoms with E-state index in [1.165, 1.54) is 6.07 Å². The fourth-order valence-corrected chi connectivity index (χ4v) is 3.97. The van der Waals surface area contributed by atoms with Crippen LogP contribution in [-0.4, -0.2) is 73.4 Å². The maximum Gasteiger partial charge on any atom is 0.266 e. The zero-order chi connectivity index (χ0) is 17.2. The van der Waals surface area contributed by atoms with Crippen molar-refractivity contribution in [3.63, 3.8) is 0 Å². The molecule has 1 aromatic heterocycles. The largest absolute Gasteiger partial charge is 0.343 e. The maximum absolute atomic E-state index is 12.6. The van der Waals surface area contributed by atoms with Crippen LogP contribution in [0.4, 0.5) is 0 Å². The van der Waals surface area contributed by atoms with Gasteiger partial charge in [0.15, 0.2) is 0 Å². The Morgan fingerprint density at radius 3 is 2.92 bits per heavy atom. The van der Waals surface area contributed by atoms with Gasteiger partial charge in [0.2, 0.25) is 5.96 Å². The molecule has 3 rings (SSSR count). The van der Waals surface area contributed by atoms with Crippen LogP contribution in [0.5, 0.6) is 0 Å². The number of sulfonamides is 1. The Balaban J connectivity index is 1.71. The molecule has 11 heteroatoms. The van der Waals surface area contributed by atoms with Crippen LogP contribution in [0, 0.1) is 0 Å². The molecule has 1 aliphatic rings. The second-order valence-corrected chi connectivity index (χ2v) is 7.85. The van der Waals surface area contributed by atoms with Crippen LogP contribution in [0.1, 0.15) is 0 Å². The summed E-state index contributed by atoms with van der Waals surface area (Å²) in [5.74, 6) is 0.247. The van der Waals surface area contributed by atoms with Crippen molar-refractivity contribution in [2.75, 3.05) is 40.5 Å². The molecule has 24 heavy (non-hydrogen) atoms. The minimum atomic E-state index is -3.77. The van der Waals surface area contributed by atoms with Gasteiger partial charge in [-0.25, -0.2) is 18.1 Å². The van der Waals surface area contributed by atoms with Crippen LogP contribution in [-0.2, 0) is 10.0 Å². The topological polar surface area (TPSA) is 103 Å². The van der Waals surface area contributed by atoms with Crippen LogP contribution in [0.3, 0.4) is 0 Å². The van der Waals surface area contributed by atoms with Gasteiger partial charge in [0, 0.05) is 13.1 Å². The summed E-state index contributed by atoms with van der Waals surface area (Å²) in [6.45, 7) is 2.75. The smallest absolute Gasteiger partial charge is 0.266 e. The van der Waals surface area contributed by atoms with E-state index in [1.54, 1.807) is 12.1 Å². The minimum absolute atomic E-state index is 0.105. The van der Waals surface area contributed by atoms with Crippen molar-refractivity contribution in [2.24, 2.45) is 4.99 Å². The highest BCUT2D eigenvalue weighted by Crippen LogP contribution is 2.20. The highest BCUT2D eigenvalue weighted by molar-refractivity contribution is 7.90. The lowest BCUT2D eigenvalue weighted by Crippen LogP contribution is -2.51. The van der Waals surface area contributed by atoms with E-state index in [4.69, 9.17) is 0 Å². The Labute approximate surface area is 144 Å². The Kier molecular flexibility index (Phi) is 4.94. The number of aliphatic imine (C=N–C) groups is 1. The fraction of sp³-hybridized carbons (Fsp3) is 0.462. The second kappa shape index (κ2) is 6.97. The van der Waals surface area contributed by atoms with Gasteiger partial charge in [0.25, 0.3) is 10.0 Å². The molecule has 0 amide bonds. The van der Waals surface area contributed by atoms with Gasteiger partial charge in [-0.2, -0.15) is 8.75 Å². The monoisotopic (exact) mass is 369 g/mol. The van der Waals surface area contributed by atoms with Crippen molar-refractivity contribution in [1.82, 2.24) is 28.6 Å². The molecule has 9 nitrogen and oxygen atoms in total. The average Bonchev–Trinajstić information content (AvgIpc) is 3.02. The third-order valence-electron chi connectivity index (χ3n) is 3.53. The molecule has 0 aliphatic carbocycles. The van der Waals surface area contributed by atoms with Gasteiger partial charge in [-0.1, -0.05) is 6.07 Å². The summed E-state index contributed by atoms with van der Waals surface area (Å²) in [7, 11) is 0.251. The van der Waals surface area contributed by atoms with E-state index in [0.717, 1.165) is 24.8 Å². The Hall–Kier alpha value is -1.82. The van der Waals surface area contributed by atoms with Crippen LogP contribution in [0.25, 0.3) is 11.0 Å². The first kappa shape index (κ1) is 17.0. The number of hydrogen-bond acceptors (Lipinski definition) is 9. The van der Waals surface area contributed by atoms with Gasteiger partial charge >= 0.3 is 0 Å². The van der Waals surface area contributed by atoms with Crippen molar-refractivity contribution in [3.05, 3.63) is 18.2 Å². The van der Waals surface area contributed by atoms with Crippen LogP contribution in [0.2, 0.25) is 0 Å². The first-order valence-corrected chi connectivity index (χ1v) is 9.56. The lowest BCUT2D eigenvalue weighted by atomic mass is 10.3. The van der Waals surface area contributed by atoms with E-state index in [0.29, 0.717) is 24.4 Å². The van der Waals surface area contributed by atoms with Crippen molar-refractivity contribution in [1.29, 1.82) is 0 Å². The number of fused-ring (bicyclic) bond motifs is 1. The first-order valence-electron chi connectivity index (χ1n) is 7.35. The highest BCUT2D eigenvalue weighted by Gasteiger charge is 2.22. The summed E-state index contributed by atoms with van der Waals surface area (Å²) in [5, 5.41) is 2.99. The number of benzene rings is 1. The zero-order valence-corrected chi connectivity index (χ0v) is 15.1. The molecule has 0 fully saturated rings. The quantitative estimate of drug-likeness (QED) is 0.746. The van der Waals surface area contributed by atoms with E-state index in [9.17, 15) is 8.42 Å². The maximum atomic E-state index is 12.6. The molecular weight excluding hydrogens is 350 g/mol. The predicted octanol–water partition coefficient (Wildman–Crippen LogP) is -0.293. The standard InChI is InChI=1S/C13H19N7O2S2/c1-19(2)6-7-20-8-14-13(15-9-20)18-24(21,22)11-5-3-4-10-12(11)17-23-16-10/h3-5H,6-9H2,1-2H3,(H2,14,15,18). The first-order chi connectivity index (χ1) is 11.5. The van der Waals surface area contributed by atoms with Gasteiger partial charge in [0.05, 0.1) is 25.1 Å². The van der Waals surface area contributed by atoms with Gasteiger partial charge < -0.3 is 10.2 Å². The van der Waals surface area contributed by atoms with Crippen LogP contribution < -0.4 is 10.0 Å². The molecule has 2 heterocycles. The summed E-state index contributed by atoms with van der Waals surface area (Å²) in [4.78, 5) is 8.54. The molecule has 2 N–H and O–H groups in total. The lowest BCUT2D eigenvalue weighted by molar-refractivity contribution is 0.233. The third kappa shape index (κ3) is 3.80. The molecule has 0 saturated carbocycles. The van der Waals surface area contributed by atoms with E-state index >= 15 is 0 Å². The van der Waals surface area contributed by atoms with Gasteiger partial charge in [-0.3, -0.25) is 4.90 Å². The number of nitrogens with zero attached hydrogens (tertiary/aromatic N) is 5. The predicted molar refractivity (Wildman–Crippen MR) is 93.3 cm³/mol. The minimum Gasteiger partial charge on any atom is -0.343 e. The molecule has 0 bridgehead atoms. The molecule has 0 atom stereocenters. The van der Waals surface area contributed by atoms with Gasteiger partial charge in [-0.15, -0.1) is 0 Å². The molecule has 0 radical (unpaired) electrons. The van der Waals surface area contributed by atoms with Gasteiger partial charge in [-0.05, 0) is 26.2 Å². The summed E-state index contributed by atoms with van der Waals surface area (Å²) in [6.07, 6.45) is 0. The fourth-order valence-electron chi connectivity index (χ4n) is 2.20. The summed E-state index contributed by atoms with van der Waals surface area (Å²) < 4.78 is 35.8. The molecule has 0 saturated heterocycles. The summed E-state index contributed by atoms with van der Waals surface area (Å²) in [5.41, 5.74) is 0.940. The number of nitrogens with one attached hydrogen (secondary N) is 2. The molecule has 2 aromatic rings. The molecule has 0 spiro atoms. The normalized spacial score (nSPS) is 16.2. The molecule has 0 unspecified atom stereocenters. The number of aromatic nitrogens is 2. The average molecular weight is 369 g/mol. The number of hydrogen-bond donors (Lipinski definition) is 2. The molecular formula is C13H19N7O2S2. The SMILES string of the molecule is CN(C)CCN1CN=C(NS(=O)(=O)c2cccc3nsnc23)NC1. The zero-order valence-electron chi connectivity index (χ0n) is 13.4. The highest BCUT2D eigenvalue weighted by atomic mass is 32.2. The lowest BCUT2D eigenvalue weighted by Gasteiger charge is -2.27. The van der Waals surface area contributed by atoms with Crippen molar-refractivity contribution in [2.45, 2.75) is 4.90 Å².